The van der Waals surface area contributed by atoms with Crippen molar-refractivity contribution in [2.45, 2.75) is 136 Å². The molecule has 0 spiro atoms. The summed E-state index contributed by atoms with van der Waals surface area (Å²) in [7, 11) is 0. The summed E-state index contributed by atoms with van der Waals surface area (Å²) in [6.07, 6.45) is -15.9. The van der Waals surface area contributed by atoms with Crippen molar-refractivity contribution >= 4 is 40.7 Å². The van der Waals surface area contributed by atoms with E-state index in [1.165, 1.54) is 6.08 Å². The zero-order valence-electron chi connectivity index (χ0n) is 42.4. The second-order valence-electron chi connectivity index (χ2n) is 18.8. The predicted molar refractivity (Wildman–Crippen MR) is 285 cm³/mol. The molecule has 3 heterocycles. The van der Waals surface area contributed by atoms with Gasteiger partial charge < -0.3 is 72.7 Å². The van der Waals surface area contributed by atoms with Crippen LogP contribution in [-0.2, 0) is 89.9 Å². The molecule has 0 unspecified atom stereocenters. The topological polar surface area (TPSA) is 191 Å². The minimum absolute atomic E-state index is 0.0111. The Bertz CT molecular complexity index is 2510. The first-order valence-corrected chi connectivity index (χ1v) is 26.6. The summed E-state index contributed by atoms with van der Waals surface area (Å²) in [5.74, 6) is -1.16. The molecule has 3 fully saturated rings. The molecule has 3 saturated heterocycles. The second kappa shape index (κ2) is 29.2. The van der Waals surface area contributed by atoms with Gasteiger partial charge in [-0.15, -0.1) is 6.58 Å². The van der Waals surface area contributed by atoms with Crippen LogP contribution in [0.5, 0.6) is 0 Å². The van der Waals surface area contributed by atoms with Gasteiger partial charge in [0.1, 0.15) is 67.1 Å². The zero-order chi connectivity index (χ0) is 54.2. The third-order valence-electron chi connectivity index (χ3n) is 13.3. The Labute approximate surface area is 463 Å². The van der Waals surface area contributed by atoms with E-state index in [0.717, 1.165) is 27.8 Å². The molecule has 8 rings (SSSR count). The normalized spacial score (nSPS) is 29.6. The van der Waals surface area contributed by atoms with E-state index in [1.807, 2.05) is 152 Å². The van der Waals surface area contributed by atoms with E-state index in [-0.39, 0.29) is 46.2 Å². The first-order valence-electron chi connectivity index (χ1n) is 25.5. The van der Waals surface area contributed by atoms with Crippen molar-refractivity contribution in [1.29, 1.82) is 0 Å². The van der Waals surface area contributed by atoms with Crippen LogP contribution in [-0.4, -0.2) is 137 Å². The quantitative estimate of drug-likeness (QED) is 0.0337. The molecule has 5 aromatic carbocycles. The number of alkyl halides is 3. The van der Waals surface area contributed by atoms with Gasteiger partial charge in [-0.2, -0.15) is 0 Å². The van der Waals surface area contributed by atoms with Crippen molar-refractivity contribution in [3.8, 4) is 0 Å². The van der Waals surface area contributed by atoms with E-state index in [2.05, 4.69) is 11.9 Å². The molecule has 414 valence electrons. The molecule has 77 heavy (non-hydrogen) atoms. The fraction of sp³-hybridized carbons (Fsp3) is 0.431. The minimum atomic E-state index is -2.51. The van der Waals surface area contributed by atoms with Crippen LogP contribution in [0, 0.1) is 0 Å². The third-order valence-corrected chi connectivity index (χ3v) is 13.8. The number of aliphatic hydroxyl groups excluding tert-OH is 3. The Kier molecular flexibility index (Phi) is 22.3. The molecule has 1 amide bonds. The molecular weight excluding hydrogens is 1060 g/mol. The number of amides is 1. The molecule has 5 aromatic rings. The van der Waals surface area contributed by atoms with Gasteiger partial charge in [-0.05, 0) is 34.7 Å². The van der Waals surface area contributed by atoms with E-state index in [4.69, 9.17) is 86.9 Å². The standard InChI is InChI=1S/C58H66Cl3NO15/c1-3-29-68-55-53(77-54-45(62-57(66)58(59,60)61)47(65)46(64)43(30-63)74-54)51(48(37(2)73-55)69-32-39-21-11-5-12-22-39)76-56-52(72-35-42-27-17-8-18-28-42)50(71-34-41-25-15-7-16-26-41)49(70-33-40-23-13-6-14-24-40)44(75-56)36-67-31-38-19-9-4-10-20-38/h3-28,37,43-56,63-65H,1,29-36H2,2H3,(H,62,66)/t37-,43+,44+,45+,46+,47+,48-,49+,50-,51+,52+,53+,54-,55+,56+/m0/s1. The number of hydrogen-bond acceptors (Lipinski definition) is 15. The van der Waals surface area contributed by atoms with Crippen LogP contribution in [0.4, 0.5) is 0 Å². The van der Waals surface area contributed by atoms with Crippen molar-refractivity contribution in [3.05, 3.63) is 192 Å². The lowest BCUT2D eigenvalue weighted by molar-refractivity contribution is -0.391. The largest absolute Gasteiger partial charge is 0.394 e. The van der Waals surface area contributed by atoms with Crippen LogP contribution in [0.15, 0.2) is 164 Å². The molecule has 3 aliphatic rings. The third kappa shape index (κ3) is 16.4. The van der Waals surface area contributed by atoms with Crippen LogP contribution < -0.4 is 5.32 Å². The Morgan fingerprint density at radius 2 is 0.987 bits per heavy atom. The fourth-order valence-electron chi connectivity index (χ4n) is 9.32. The van der Waals surface area contributed by atoms with Gasteiger partial charge >= 0.3 is 0 Å². The van der Waals surface area contributed by atoms with Crippen molar-refractivity contribution < 1.29 is 72.2 Å². The predicted octanol–water partition coefficient (Wildman–Crippen LogP) is 7.28. The number of rotatable bonds is 25. The molecule has 0 bridgehead atoms. The number of ether oxygens (including phenoxy) is 11. The van der Waals surface area contributed by atoms with E-state index in [9.17, 15) is 20.1 Å². The summed E-state index contributed by atoms with van der Waals surface area (Å²) in [5.41, 5.74) is 4.41. The molecule has 16 nitrogen and oxygen atoms in total. The fourth-order valence-corrected chi connectivity index (χ4v) is 9.48. The smallest absolute Gasteiger partial charge is 0.272 e. The Hall–Kier alpha value is -4.38. The van der Waals surface area contributed by atoms with Crippen LogP contribution in [0.2, 0.25) is 0 Å². The lowest BCUT2D eigenvalue weighted by Crippen LogP contribution is -2.69. The molecule has 0 saturated carbocycles. The van der Waals surface area contributed by atoms with Gasteiger partial charge in [-0.1, -0.05) is 193 Å². The maximum atomic E-state index is 13.3. The average Bonchev–Trinajstić information content (AvgIpc) is 3.49. The molecule has 0 aliphatic carbocycles. The summed E-state index contributed by atoms with van der Waals surface area (Å²) in [5, 5.41) is 35.5. The van der Waals surface area contributed by atoms with Crippen LogP contribution in [0.25, 0.3) is 0 Å². The van der Waals surface area contributed by atoms with Gasteiger partial charge in [-0.25, -0.2) is 0 Å². The lowest BCUT2D eigenvalue weighted by atomic mass is 9.95. The number of carbonyl (C=O) groups is 1. The number of aliphatic hydroxyl groups is 3. The molecule has 19 heteroatoms. The van der Waals surface area contributed by atoms with E-state index >= 15 is 0 Å². The van der Waals surface area contributed by atoms with Crippen LogP contribution in [0.3, 0.4) is 0 Å². The summed E-state index contributed by atoms with van der Waals surface area (Å²) in [6.45, 7) is 5.60. The van der Waals surface area contributed by atoms with Gasteiger partial charge in [0.15, 0.2) is 18.9 Å². The monoisotopic (exact) mass is 1120 g/mol. The lowest BCUT2D eigenvalue weighted by Gasteiger charge is -2.51. The molecule has 0 aromatic heterocycles. The van der Waals surface area contributed by atoms with Gasteiger partial charge in [0, 0.05) is 0 Å². The summed E-state index contributed by atoms with van der Waals surface area (Å²) >= 11 is 18.0. The SMILES string of the molecule is C=CCO[C@@H]1O[C@@H](C)[C@H](OCc2ccccc2)[C@@H](O[C@H]2O[C@H](COCc3ccccc3)[C@@H](OCc3ccccc3)[C@H](OCc3ccccc3)[C@H]2OCc2ccccc2)[C@H]1O[C@@H]1O[C@H](CO)[C@@H](O)[C@H](O)[C@H]1NC(=O)C(Cl)(Cl)Cl. The zero-order valence-corrected chi connectivity index (χ0v) is 44.7. The summed E-state index contributed by atoms with van der Waals surface area (Å²) < 4.78 is 72.1. The van der Waals surface area contributed by atoms with Crippen molar-refractivity contribution in [2.75, 3.05) is 19.8 Å². The highest BCUT2D eigenvalue weighted by molar-refractivity contribution is 6.76. The van der Waals surface area contributed by atoms with Gasteiger partial charge in [0.2, 0.25) is 0 Å². The number of halogens is 3. The number of nitrogens with one attached hydrogen (secondary N) is 1. The molecular formula is C58H66Cl3NO15. The van der Waals surface area contributed by atoms with Crippen molar-refractivity contribution in [2.24, 2.45) is 0 Å². The Morgan fingerprint density at radius 1 is 0.545 bits per heavy atom. The maximum Gasteiger partial charge on any atom is 0.272 e. The second-order valence-corrected chi connectivity index (χ2v) is 21.1. The molecule has 3 aliphatic heterocycles. The highest BCUT2D eigenvalue weighted by Gasteiger charge is 2.56. The Balaban J connectivity index is 1.23. The molecule has 4 N–H and O–H groups in total. The number of benzene rings is 5. The van der Waals surface area contributed by atoms with Gasteiger partial charge in [0.05, 0.1) is 59.0 Å². The van der Waals surface area contributed by atoms with Crippen LogP contribution >= 0.6 is 34.8 Å². The molecule has 15 atom stereocenters. The highest BCUT2D eigenvalue weighted by atomic mass is 35.6. The highest BCUT2D eigenvalue weighted by Crippen LogP contribution is 2.38. The van der Waals surface area contributed by atoms with E-state index in [1.54, 1.807) is 6.92 Å². The van der Waals surface area contributed by atoms with Crippen molar-refractivity contribution in [1.82, 2.24) is 5.32 Å². The maximum absolute atomic E-state index is 13.3. The minimum Gasteiger partial charge on any atom is -0.394 e. The average molecular weight is 1120 g/mol. The Morgan fingerprint density at radius 3 is 1.47 bits per heavy atom. The van der Waals surface area contributed by atoms with Gasteiger partial charge in [-0.3, -0.25) is 4.79 Å². The number of hydrogen-bond donors (Lipinski definition) is 4. The van der Waals surface area contributed by atoms with Crippen LogP contribution in [0.1, 0.15) is 34.7 Å². The first kappa shape index (κ1) is 58.8. The van der Waals surface area contributed by atoms with Gasteiger partial charge in [0.25, 0.3) is 9.70 Å². The summed E-state index contributed by atoms with van der Waals surface area (Å²) in [4.78, 5) is 13.3. The van der Waals surface area contributed by atoms with Crippen molar-refractivity contribution in [3.63, 3.8) is 0 Å². The molecule has 0 radical (unpaired) electrons. The number of carbonyl (C=O) groups excluding carboxylic acids is 1. The first-order chi connectivity index (χ1) is 37.4. The van der Waals surface area contributed by atoms with E-state index < -0.39 is 108 Å². The summed E-state index contributed by atoms with van der Waals surface area (Å²) in [6, 6.07) is 46.7. The van der Waals surface area contributed by atoms with E-state index in [0.29, 0.717) is 0 Å².